The zero-order valence-electron chi connectivity index (χ0n) is 21.3. The molecule has 0 aromatic carbocycles. The van der Waals surface area contributed by atoms with Crippen molar-refractivity contribution < 1.29 is 4.52 Å². The number of rotatable bonds is 7. The summed E-state index contributed by atoms with van der Waals surface area (Å²) in [4.78, 5) is 21.3. The second-order valence-electron chi connectivity index (χ2n) is 9.64. The van der Waals surface area contributed by atoms with Gasteiger partial charge < -0.3 is 24.5 Å². The molecule has 0 aliphatic carbocycles. The van der Waals surface area contributed by atoms with Crippen molar-refractivity contribution in [3.05, 3.63) is 54.0 Å². The standard InChI is InChI=1S/C26H32N10O/c1-3-18-15-24(32-31-18)28-23-17-25(35-13-11-34(2)12-14-35)30-26(29-23)36-10-6-8-21(36)22-16-20(33-37-22)19-7-4-5-9-27-19/h4-5,7,9,15-17,21H,3,6,8,10-14H2,1-2H3,(H2,28,29,30,31,32). The van der Waals surface area contributed by atoms with Gasteiger partial charge in [-0.25, -0.2) is 0 Å². The number of hydrogen-bond acceptors (Lipinski definition) is 10. The highest BCUT2D eigenvalue weighted by atomic mass is 16.5. The number of aromatic nitrogens is 6. The molecule has 4 aromatic rings. The third-order valence-electron chi connectivity index (χ3n) is 7.09. The normalized spacial score (nSPS) is 18.5. The molecule has 6 rings (SSSR count). The number of nitrogens with zero attached hydrogens (tertiary/aromatic N) is 8. The van der Waals surface area contributed by atoms with Crippen molar-refractivity contribution >= 4 is 23.4 Å². The Morgan fingerprint density at radius 3 is 2.70 bits per heavy atom. The Morgan fingerprint density at radius 2 is 1.92 bits per heavy atom. The van der Waals surface area contributed by atoms with Crippen LogP contribution in [0.15, 0.2) is 47.1 Å². The Kier molecular flexibility index (Phi) is 6.44. The van der Waals surface area contributed by atoms with E-state index in [2.05, 4.69) is 54.3 Å². The Morgan fingerprint density at radius 1 is 1.03 bits per heavy atom. The second-order valence-corrected chi connectivity index (χ2v) is 9.64. The molecule has 2 aliphatic heterocycles. The largest absolute Gasteiger partial charge is 0.358 e. The second kappa shape index (κ2) is 10.2. The number of anilines is 4. The average molecular weight is 501 g/mol. The van der Waals surface area contributed by atoms with Crippen LogP contribution in [0.4, 0.5) is 23.4 Å². The lowest BCUT2D eigenvalue weighted by Crippen LogP contribution is -2.45. The smallest absolute Gasteiger partial charge is 0.229 e. The van der Waals surface area contributed by atoms with Crippen LogP contribution < -0.4 is 15.1 Å². The zero-order chi connectivity index (χ0) is 25.2. The summed E-state index contributed by atoms with van der Waals surface area (Å²) in [6.07, 6.45) is 4.62. The van der Waals surface area contributed by atoms with E-state index in [4.69, 9.17) is 14.5 Å². The summed E-state index contributed by atoms with van der Waals surface area (Å²) in [5.41, 5.74) is 2.61. The van der Waals surface area contributed by atoms with E-state index < -0.39 is 0 Å². The number of likely N-dealkylation sites (N-methyl/N-ethyl adjacent to an activating group) is 1. The summed E-state index contributed by atoms with van der Waals surface area (Å²) in [6, 6.07) is 11.8. The van der Waals surface area contributed by atoms with E-state index in [9.17, 15) is 0 Å². The van der Waals surface area contributed by atoms with Crippen LogP contribution in [-0.4, -0.2) is 75.0 Å². The van der Waals surface area contributed by atoms with E-state index in [-0.39, 0.29) is 6.04 Å². The minimum Gasteiger partial charge on any atom is -0.358 e. The van der Waals surface area contributed by atoms with Crippen LogP contribution in [0.5, 0.6) is 0 Å². The molecule has 6 heterocycles. The van der Waals surface area contributed by atoms with Crippen LogP contribution in [-0.2, 0) is 6.42 Å². The van der Waals surface area contributed by atoms with Crippen LogP contribution in [0, 0.1) is 0 Å². The Hall–Kier alpha value is -3.99. The molecule has 2 aliphatic rings. The number of piperazine rings is 1. The number of pyridine rings is 1. The van der Waals surface area contributed by atoms with Crippen LogP contribution in [0.3, 0.4) is 0 Å². The first kappa shape index (κ1) is 23.4. The molecule has 192 valence electrons. The molecule has 0 bridgehead atoms. The molecule has 0 amide bonds. The molecule has 1 unspecified atom stereocenters. The molecule has 11 nitrogen and oxygen atoms in total. The number of aromatic amines is 1. The van der Waals surface area contributed by atoms with Crippen LogP contribution in [0.2, 0.25) is 0 Å². The van der Waals surface area contributed by atoms with Crippen molar-refractivity contribution in [2.45, 2.75) is 32.2 Å². The monoisotopic (exact) mass is 500 g/mol. The molecular weight excluding hydrogens is 468 g/mol. The molecular formula is C26H32N10O. The Balaban J connectivity index is 1.31. The molecule has 2 N–H and O–H groups in total. The summed E-state index contributed by atoms with van der Waals surface area (Å²) < 4.78 is 5.82. The fourth-order valence-electron chi connectivity index (χ4n) is 4.93. The van der Waals surface area contributed by atoms with E-state index >= 15 is 0 Å². The fraction of sp³-hybridized carbons (Fsp3) is 0.423. The summed E-state index contributed by atoms with van der Waals surface area (Å²) in [7, 11) is 2.16. The van der Waals surface area contributed by atoms with E-state index in [0.29, 0.717) is 5.95 Å². The lowest BCUT2D eigenvalue weighted by molar-refractivity contribution is 0.312. The number of aryl methyl sites for hydroxylation is 1. The summed E-state index contributed by atoms with van der Waals surface area (Å²) in [5.74, 6) is 3.89. The van der Waals surface area contributed by atoms with Gasteiger partial charge in [-0.15, -0.1) is 0 Å². The molecule has 11 heteroatoms. The van der Waals surface area contributed by atoms with Crippen molar-refractivity contribution in [2.75, 3.05) is 54.9 Å². The molecule has 0 spiro atoms. The molecule has 1 atom stereocenters. The fourth-order valence-corrected chi connectivity index (χ4v) is 4.93. The highest BCUT2D eigenvalue weighted by Gasteiger charge is 2.32. The lowest BCUT2D eigenvalue weighted by atomic mass is 10.1. The maximum atomic E-state index is 5.82. The van der Waals surface area contributed by atoms with Crippen LogP contribution in [0.25, 0.3) is 11.4 Å². The summed E-state index contributed by atoms with van der Waals surface area (Å²) >= 11 is 0. The van der Waals surface area contributed by atoms with Gasteiger partial charge in [-0.3, -0.25) is 10.1 Å². The average Bonchev–Trinajstić information content (AvgIpc) is 3.70. The van der Waals surface area contributed by atoms with Gasteiger partial charge in [0.25, 0.3) is 0 Å². The van der Waals surface area contributed by atoms with Gasteiger partial charge in [0.15, 0.2) is 11.6 Å². The molecule has 2 saturated heterocycles. The zero-order valence-corrected chi connectivity index (χ0v) is 21.3. The van der Waals surface area contributed by atoms with Crippen LogP contribution in [0.1, 0.15) is 37.3 Å². The summed E-state index contributed by atoms with van der Waals surface area (Å²) in [5, 5.41) is 15.2. The summed E-state index contributed by atoms with van der Waals surface area (Å²) in [6.45, 7) is 6.80. The van der Waals surface area contributed by atoms with Gasteiger partial charge in [-0.2, -0.15) is 15.1 Å². The van der Waals surface area contributed by atoms with Gasteiger partial charge in [-0.05, 0) is 38.4 Å². The van der Waals surface area contributed by atoms with Crippen molar-refractivity contribution in [1.82, 2.24) is 35.2 Å². The van der Waals surface area contributed by atoms with Gasteiger partial charge in [0.1, 0.15) is 17.3 Å². The minimum atomic E-state index is 0.0117. The van der Waals surface area contributed by atoms with E-state index in [1.54, 1.807) is 6.20 Å². The van der Waals surface area contributed by atoms with Crippen molar-refractivity contribution in [3.63, 3.8) is 0 Å². The molecule has 0 saturated carbocycles. The topological polar surface area (TPSA) is 115 Å². The molecule has 0 radical (unpaired) electrons. The highest BCUT2D eigenvalue weighted by Crippen LogP contribution is 2.37. The number of hydrogen-bond donors (Lipinski definition) is 2. The maximum absolute atomic E-state index is 5.82. The van der Waals surface area contributed by atoms with Crippen molar-refractivity contribution in [1.29, 1.82) is 0 Å². The highest BCUT2D eigenvalue weighted by molar-refractivity contribution is 5.61. The van der Waals surface area contributed by atoms with E-state index in [0.717, 1.165) is 92.3 Å². The van der Waals surface area contributed by atoms with Gasteiger partial charge in [-0.1, -0.05) is 18.1 Å². The quantitative estimate of drug-likeness (QED) is 0.390. The molecule has 2 fully saturated rings. The van der Waals surface area contributed by atoms with Gasteiger partial charge >= 0.3 is 0 Å². The Bertz CT molecular complexity index is 1330. The first-order chi connectivity index (χ1) is 18.2. The molecule has 37 heavy (non-hydrogen) atoms. The Labute approximate surface area is 215 Å². The maximum Gasteiger partial charge on any atom is 0.229 e. The third kappa shape index (κ3) is 4.99. The van der Waals surface area contributed by atoms with Gasteiger partial charge in [0.05, 0.1) is 11.7 Å². The predicted molar refractivity (Wildman–Crippen MR) is 142 cm³/mol. The predicted octanol–water partition coefficient (Wildman–Crippen LogP) is 3.65. The van der Waals surface area contributed by atoms with E-state index in [1.165, 1.54) is 0 Å². The molecule has 4 aromatic heterocycles. The first-order valence-electron chi connectivity index (χ1n) is 12.9. The van der Waals surface area contributed by atoms with Crippen molar-refractivity contribution in [3.8, 4) is 11.4 Å². The third-order valence-corrected chi connectivity index (χ3v) is 7.09. The van der Waals surface area contributed by atoms with Crippen LogP contribution >= 0.6 is 0 Å². The van der Waals surface area contributed by atoms with E-state index in [1.807, 2.05) is 36.4 Å². The first-order valence-corrected chi connectivity index (χ1v) is 12.9. The lowest BCUT2D eigenvalue weighted by Gasteiger charge is -2.34. The minimum absolute atomic E-state index is 0.0117. The van der Waals surface area contributed by atoms with Crippen molar-refractivity contribution in [2.24, 2.45) is 0 Å². The number of H-pyrrole nitrogens is 1. The van der Waals surface area contributed by atoms with Gasteiger partial charge in [0, 0.05) is 62.8 Å². The SMILES string of the molecule is CCc1cc(Nc2cc(N3CCN(C)CC3)nc(N3CCCC3c3cc(-c4ccccn4)no3)n2)n[nH]1. The van der Waals surface area contributed by atoms with Gasteiger partial charge in [0.2, 0.25) is 5.95 Å². The number of nitrogens with one attached hydrogen (secondary N) is 2.